The largest absolute Gasteiger partial charge is 0.317 e. The molecule has 2 fully saturated rings. The van der Waals surface area contributed by atoms with Gasteiger partial charge in [-0.05, 0) is 56.9 Å². The van der Waals surface area contributed by atoms with Gasteiger partial charge >= 0.3 is 0 Å². The summed E-state index contributed by atoms with van der Waals surface area (Å²) in [6.45, 7) is 0. The lowest BCUT2D eigenvalue weighted by molar-refractivity contribution is 0.332. The molecular weight excluding hydrogens is 222 g/mol. The Hall–Kier alpha value is -0.0900. The van der Waals surface area contributed by atoms with Crippen molar-refractivity contribution in [3.05, 3.63) is 0 Å². The molecule has 1 N–H and O–H groups in total. The third-order valence-corrected chi connectivity index (χ3v) is 5.28. The second kappa shape index (κ2) is 4.65. The van der Waals surface area contributed by atoms with E-state index >= 15 is 0 Å². The van der Waals surface area contributed by atoms with Gasteiger partial charge in [0.15, 0.2) is 0 Å². The monoisotopic (exact) mass is 245 g/mol. The summed E-state index contributed by atoms with van der Waals surface area (Å²) in [5, 5.41) is 3.38. The van der Waals surface area contributed by atoms with Crippen molar-refractivity contribution >= 4 is 9.84 Å². The number of sulfone groups is 1. The zero-order valence-electron chi connectivity index (χ0n) is 10.3. The number of rotatable bonds is 6. The third kappa shape index (κ3) is 3.20. The predicted molar refractivity (Wildman–Crippen MR) is 66.1 cm³/mol. The van der Waals surface area contributed by atoms with Crippen molar-refractivity contribution in [1.29, 1.82) is 0 Å². The number of fused-ring (bicyclic) bond motifs is 1. The number of hydrogen-bond donors (Lipinski definition) is 1. The van der Waals surface area contributed by atoms with Crippen LogP contribution in [0.4, 0.5) is 0 Å². The summed E-state index contributed by atoms with van der Waals surface area (Å²) in [5.74, 6) is 3.16. The highest BCUT2D eigenvalue weighted by Crippen LogP contribution is 2.55. The Morgan fingerprint density at radius 2 is 1.88 bits per heavy atom. The summed E-state index contributed by atoms with van der Waals surface area (Å²) >= 11 is 0. The second-order valence-corrected chi connectivity index (χ2v) is 7.91. The van der Waals surface area contributed by atoms with E-state index in [2.05, 4.69) is 5.32 Å². The van der Waals surface area contributed by atoms with Crippen molar-refractivity contribution < 1.29 is 8.42 Å². The first-order valence-electron chi connectivity index (χ1n) is 6.34. The van der Waals surface area contributed by atoms with E-state index in [-0.39, 0.29) is 0 Å². The molecule has 94 valence electrons. The van der Waals surface area contributed by atoms with Gasteiger partial charge < -0.3 is 5.32 Å². The van der Waals surface area contributed by atoms with Crippen LogP contribution in [-0.2, 0) is 9.84 Å². The molecule has 16 heavy (non-hydrogen) atoms. The van der Waals surface area contributed by atoms with Crippen LogP contribution < -0.4 is 5.32 Å². The quantitative estimate of drug-likeness (QED) is 0.770. The molecule has 0 amide bonds. The Labute approximate surface area is 98.9 Å². The molecule has 3 unspecified atom stereocenters. The smallest absolute Gasteiger partial charge is 0.147 e. The molecule has 0 spiro atoms. The maximum absolute atomic E-state index is 11.1. The highest BCUT2D eigenvalue weighted by atomic mass is 32.2. The van der Waals surface area contributed by atoms with Gasteiger partial charge in [-0.25, -0.2) is 8.42 Å². The molecule has 0 bridgehead atoms. The van der Waals surface area contributed by atoms with E-state index in [9.17, 15) is 8.42 Å². The molecular formula is C12H23NO2S. The van der Waals surface area contributed by atoms with Gasteiger partial charge in [-0.3, -0.25) is 0 Å². The Morgan fingerprint density at radius 1 is 1.25 bits per heavy atom. The summed E-state index contributed by atoms with van der Waals surface area (Å²) < 4.78 is 22.1. The van der Waals surface area contributed by atoms with Crippen molar-refractivity contribution in [2.75, 3.05) is 19.1 Å². The van der Waals surface area contributed by atoms with Gasteiger partial charge in [-0.15, -0.1) is 0 Å². The highest BCUT2D eigenvalue weighted by molar-refractivity contribution is 7.90. The van der Waals surface area contributed by atoms with E-state index in [1.54, 1.807) is 0 Å². The minimum Gasteiger partial charge on any atom is -0.317 e. The minimum atomic E-state index is -2.78. The van der Waals surface area contributed by atoms with E-state index in [0.29, 0.717) is 11.8 Å². The normalized spacial score (nSPS) is 34.8. The average molecular weight is 245 g/mol. The minimum absolute atomic E-state index is 0.338. The molecule has 0 heterocycles. The molecule has 2 aliphatic carbocycles. The van der Waals surface area contributed by atoms with Crippen LogP contribution in [-0.4, -0.2) is 33.5 Å². The molecule has 0 radical (unpaired) electrons. The van der Waals surface area contributed by atoms with Crippen molar-refractivity contribution in [2.45, 2.75) is 38.1 Å². The first-order chi connectivity index (χ1) is 7.49. The number of nitrogens with one attached hydrogen (secondary N) is 1. The van der Waals surface area contributed by atoms with Crippen LogP contribution >= 0.6 is 0 Å². The van der Waals surface area contributed by atoms with E-state index < -0.39 is 9.84 Å². The molecule has 3 nitrogen and oxygen atoms in total. The van der Waals surface area contributed by atoms with Gasteiger partial charge in [0.1, 0.15) is 9.84 Å². The molecule has 2 rings (SSSR count). The highest BCUT2D eigenvalue weighted by Gasteiger charge is 2.47. The Kier molecular flexibility index (Phi) is 3.59. The fraction of sp³-hybridized carbons (Fsp3) is 1.00. The van der Waals surface area contributed by atoms with E-state index in [1.807, 2.05) is 7.05 Å². The Morgan fingerprint density at radius 3 is 2.38 bits per heavy atom. The molecule has 0 aromatic heterocycles. The number of hydrogen-bond acceptors (Lipinski definition) is 3. The predicted octanol–water partition coefficient (Wildman–Crippen LogP) is 1.45. The SMILES string of the molecule is CNC(CCCS(C)(=O)=O)C1CC2CC2C1. The lowest BCUT2D eigenvalue weighted by Crippen LogP contribution is -2.33. The molecule has 0 saturated heterocycles. The fourth-order valence-corrected chi connectivity index (χ4v) is 3.96. The van der Waals surface area contributed by atoms with Crippen molar-refractivity contribution in [3.8, 4) is 0 Å². The van der Waals surface area contributed by atoms with Gasteiger partial charge in [-0.2, -0.15) is 0 Å². The standard InChI is InChI=1S/C12H23NO2S/c1-13-12(4-3-5-16(2,14)15)11-7-9-6-10(9)8-11/h9-13H,3-8H2,1-2H3. The molecule has 2 saturated carbocycles. The van der Waals surface area contributed by atoms with Crippen LogP contribution in [0.15, 0.2) is 0 Å². The van der Waals surface area contributed by atoms with Crippen LogP contribution in [0.3, 0.4) is 0 Å². The average Bonchev–Trinajstić information content (AvgIpc) is 2.79. The fourth-order valence-electron chi connectivity index (χ4n) is 3.27. The van der Waals surface area contributed by atoms with Gasteiger partial charge in [0.05, 0.1) is 0 Å². The zero-order chi connectivity index (χ0) is 11.8. The van der Waals surface area contributed by atoms with Crippen LogP contribution in [0.25, 0.3) is 0 Å². The molecule has 0 aromatic rings. The second-order valence-electron chi connectivity index (χ2n) is 5.65. The Balaban J connectivity index is 1.73. The first kappa shape index (κ1) is 12.4. The maximum Gasteiger partial charge on any atom is 0.147 e. The summed E-state index contributed by atoms with van der Waals surface area (Å²) in [4.78, 5) is 0. The van der Waals surface area contributed by atoms with E-state index in [4.69, 9.17) is 0 Å². The van der Waals surface area contributed by atoms with E-state index in [1.165, 1.54) is 25.5 Å². The summed E-state index contributed by atoms with van der Waals surface area (Å²) in [6, 6.07) is 0.537. The van der Waals surface area contributed by atoms with Crippen molar-refractivity contribution in [1.82, 2.24) is 5.32 Å². The van der Waals surface area contributed by atoms with E-state index in [0.717, 1.165) is 30.6 Å². The topological polar surface area (TPSA) is 46.2 Å². The van der Waals surface area contributed by atoms with Gasteiger partial charge in [0, 0.05) is 18.1 Å². The molecule has 0 aliphatic heterocycles. The molecule has 3 atom stereocenters. The first-order valence-corrected chi connectivity index (χ1v) is 8.40. The van der Waals surface area contributed by atoms with Gasteiger partial charge in [0.2, 0.25) is 0 Å². The summed E-state index contributed by atoms with van der Waals surface area (Å²) in [6.07, 6.45) is 7.33. The van der Waals surface area contributed by atoms with Crippen molar-refractivity contribution in [3.63, 3.8) is 0 Å². The van der Waals surface area contributed by atoms with Crippen LogP contribution in [0, 0.1) is 17.8 Å². The maximum atomic E-state index is 11.1. The van der Waals surface area contributed by atoms with Gasteiger partial charge in [-0.1, -0.05) is 0 Å². The third-order valence-electron chi connectivity index (χ3n) is 4.25. The molecule has 4 heteroatoms. The summed E-state index contributed by atoms with van der Waals surface area (Å²) in [7, 11) is -0.772. The lowest BCUT2D eigenvalue weighted by atomic mass is 9.91. The molecule has 0 aromatic carbocycles. The summed E-state index contributed by atoms with van der Waals surface area (Å²) in [5.41, 5.74) is 0. The van der Waals surface area contributed by atoms with Crippen LogP contribution in [0.2, 0.25) is 0 Å². The van der Waals surface area contributed by atoms with Crippen molar-refractivity contribution in [2.24, 2.45) is 17.8 Å². The zero-order valence-corrected chi connectivity index (χ0v) is 11.1. The Bertz CT molecular complexity index is 329. The van der Waals surface area contributed by atoms with Crippen LogP contribution in [0.5, 0.6) is 0 Å². The van der Waals surface area contributed by atoms with Gasteiger partial charge in [0.25, 0.3) is 0 Å². The molecule has 2 aliphatic rings. The van der Waals surface area contributed by atoms with Crippen LogP contribution in [0.1, 0.15) is 32.1 Å². The lowest BCUT2D eigenvalue weighted by Gasteiger charge is -2.24.